The SMILES string of the molecule is CNC(=O)c1cn(C2CCCCC2)c2nc(NCCN3CCCCC3)ncc2c1=O.CNC(=O)c1cn(C2CCCCC2)c2nc(NCCN3CCOCC3)ncc2c1=O.CNC(=O)c1cn(C2CCCCC2)c2nc(NCCOC)ncc2c1=O.CNC(=O)c1cn(C2CCCCC2)c2nc(NCCc3ccc(OC)cc3)ncc2c1=O. The molecule has 4 aliphatic carbocycles. The average molecular weight is 1620 g/mol. The summed E-state index contributed by atoms with van der Waals surface area (Å²) in [7, 11) is 9.42. The van der Waals surface area contributed by atoms with Gasteiger partial charge in [-0.25, -0.2) is 19.9 Å². The van der Waals surface area contributed by atoms with Crippen LogP contribution in [0.4, 0.5) is 23.8 Å². The number of rotatable bonds is 25. The number of amides is 4. The number of ether oxygens (including phenoxy) is 3. The predicted molar refractivity (Wildman–Crippen MR) is 457 cm³/mol. The van der Waals surface area contributed by atoms with Crippen molar-refractivity contribution in [2.75, 3.05) is 149 Å². The highest BCUT2D eigenvalue weighted by molar-refractivity contribution is 5.99. The van der Waals surface area contributed by atoms with Gasteiger partial charge in [0.15, 0.2) is 0 Å². The van der Waals surface area contributed by atoms with Gasteiger partial charge in [0.25, 0.3) is 23.6 Å². The molecule has 8 N–H and O–H groups in total. The normalized spacial score (nSPS) is 16.6. The van der Waals surface area contributed by atoms with Crippen LogP contribution in [0.25, 0.3) is 44.1 Å². The summed E-state index contributed by atoms with van der Waals surface area (Å²) in [5, 5.41) is 24.8. The van der Waals surface area contributed by atoms with Crippen LogP contribution in [-0.2, 0) is 15.9 Å². The maximum absolute atomic E-state index is 12.9. The number of hydrogen-bond donors (Lipinski definition) is 8. The lowest BCUT2D eigenvalue weighted by Crippen LogP contribution is -2.39. The second kappa shape index (κ2) is 43.0. The number of morpholine rings is 1. The zero-order valence-electron chi connectivity index (χ0n) is 69.2. The minimum absolute atomic E-state index is 0.134. The Morgan fingerprint density at radius 3 is 0.992 bits per heavy atom. The Morgan fingerprint density at radius 1 is 0.390 bits per heavy atom. The minimum atomic E-state index is -0.386. The monoisotopic (exact) mass is 1620 g/mol. The first-order chi connectivity index (χ1) is 57.6. The molecule has 0 radical (unpaired) electrons. The van der Waals surface area contributed by atoms with E-state index >= 15 is 0 Å². The van der Waals surface area contributed by atoms with Crippen molar-refractivity contribution in [3.63, 3.8) is 0 Å². The summed E-state index contributed by atoms with van der Waals surface area (Å²) in [4.78, 5) is 141. The molecule has 15 rings (SSSR count). The zero-order valence-corrected chi connectivity index (χ0v) is 69.2. The van der Waals surface area contributed by atoms with Gasteiger partial charge in [-0.15, -0.1) is 0 Å². The number of nitrogens with zero attached hydrogens (tertiary/aromatic N) is 14. The van der Waals surface area contributed by atoms with Crippen LogP contribution in [-0.4, -0.2) is 219 Å². The van der Waals surface area contributed by atoms with E-state index in [1.165, 1.54) is 84.0 Å². The van der Waals surface area contributed by atoms with Crippen LogP contribution in [0.5, 0.6) is 5.75 Å². The number of nitrogens with one attached hydrogen (secondary N) is 8. The molecule has 6 fully saturated rings. The van der Waals surface area contributed by atoms with Gasteiger partial charge in [-0.1, -0.05) is 95.6 Å². The molecule has 1 aromatic carbocycles. The molecule has 4 amide bonds. The summed E-state index contributed by atoms with van der Waals surface area (Å²) in [6.07, 6.45) is 39.7. The molecule has 6 aliphatic rings. The molecule has 33 heteroatoms. The van der Waals surface area contributed by atoms with Crippen molar-refractivity contribution >= 4 is 91.6 Å². The van der Waals surface area contributed by atoms with Crippen LogP contribution >= 0.6 is 0 Å². The number of piperidine rings is 1. The van der Waals surface area contributed by atoms with Crippen LogP contribution in [0.15, 0.2) is 93.0 Å². The molecule has 9 aromatic rings. The summed E-state index contributed by atoms with van der Waals surface area (Å²) in [6.45, 7) is 10.8. The van der Waals surface area contributed by atoms with E-state index in [0.717, 1.165) is 180 Å². The van der Waals surface area contributed by atoms with Gasteiger partial charge in [0.1, 0.15) is 50.6 Å². The lowest BCUT2D eigenvalue weighted by atomic mass is 9.95. The number of pyridine rings is 4. The molecule has 10 heterocycles. The molecule has 118 heavy (non-hydrogen) atoms. The van der Waals surface area contributed by atoms with Gasteiger partial charge in [0, 0.05) is 161 Å². The fourth-order valence-corrected chi connectivity index (χ4v) is 16.6. The Balaban J connectivity index is 0.000000145. The largest absolute Gasteiger partial charge is 0.497 e. The Hall–Kier alpha value is -10.9. The van der Waals surface area contributed by atoms with E-state index < -0.39 is 0 Å². The summed E-state index contributed by atoms with van der Waals surface area (Å²) in [5.74, 6) is 1.29. The third-order valence-corrected chi connectivity index (χ3v) is 23.3. The maximum atomic E-state index is 12.9. The van der Waals surface area contributed by atoms with E-state index in [-0.39, 0.29) is 91.8 Å². The second-order valence-electron chi connectivity index (χ2n) is 31.0. The highest BCUT2D eigenvalue weighted by Gasteiger charge is 2.29. The van der Waals surface area contributed by atoms with Gasteiger partial charge in [-0.2, -0.15) is 19.9 Å². The number of carbonyl (C=O) groups is 4. The lowest BCUT2D eigenvalue weighted by molar-refractivity contribution is 0.0398. The molecule has 2 saturated heterocycles. The van der Waals surface area contributed by atoms with Crippen LogP contribution in [0.3, 0.4) is 0 Å². The molecular formula is C85H116N22O11. The van der Waals surface area contributed by atoms with E-state index in [9.17, 15) is 38.4 Å². The van der Waals surface area contributed by atoms with E-state index in [1.54, 1.807) is 58.4 Å². The number of fused-ring (bicyclic) bond motifs is 4. The third kappa shape index (κ3) is 21.9. The Morgan fingerprint density at radius 2 is 0.686 bits per heavy atom. The van der Waals surface area contributed by atoms with Gasteiger partial charge in [-0.05, 0) is 101 Å². The van der Waals surface area contributed by atoms with Crippen molar-refractivity contribution in [3.05, 3.63) is 143 Å². The summed E-state index contributed by atoms with van der Waals surface area (Å²) in [6, 6.07) is 8.88. The molecule has 0 spiro atoms. The maximum Gasteiger partial charge on any atom is 0.256 e. The van der Waals surface area contributed by atoms with E-state index in [4.69, 9.17) is 19.2 Å². The molecule has 0 bridgehead atoms. The van der Waals surface area contributed by atoms with Crippen molar-refractivity contribution < 1.29 is 33.4 Å². The number of aromatic nitrogens is 12. The predicted octanol–water partition coefficient (Wildman–Crippen LogP) is 8.99. The fraction of sp³-hybridized carbons (Fsp3) is 0.553. The number of anilines is 4. The lowest BCUT2D eigenvalue weighted by Gasteiger charge is -2.27. The molecule has 4 saturated carbocycles. The second-order valence-corrected chi connectivity index (χ2v) is 31.0. The van der Waals surface area contributed by atoms with E-state index in [2.05, 4.69) is 87.2 Å². The summed E-state index contributed by atoms with van der Waals surface area (Å²) < 4.78 is 23.7. The number of carbonyl (C=O) groups excluding carboxylic acids is 4. The third-order valence-electron chi connectivity index (χ3n) is 23.3. The van der Waals surface area contributed by atoms with Crippen LogP contribution in [0.2, 0.25) is 0 Å². The standard InChI is InChI=1S/C24H29N5O3.C22H32N6O2.C21H30N6O3.C18H25N5O3/c1-25-23(31)20-15-29(17-6-4-3-5-7-17)22-19(21(20)30)14-27-24(28-22)26-13-12-16-8-10-18(32-2)11-9-16;1-23-21(30)18-15-28(16-8-4-2-5-9-16)20-17(19(18)29)14-25-22(26-20)24-10-13-27-11-6-3-7-12-27;1-22-20(29)17-14-27(15-5-3-2-4-6-15)19-16(18(17)28)13-24-21(25-19)23-7-8-26-9-11-30-12-10-26;1-19-17(25)14-11-23(12-6-4-3-5-7-12)16-13(15(14)24)10-21-18(22-16)20-8-9-26-2/h8-11,14-15,17H,3-7,12-13H2,1-2H3,(H,25,31)(H,26,27,28);14-16H,2-13H2,1H3,(H,23,30)(H,24,25,26);13-15H,2-12H2,1H3,(H,22,29)(H,23,24,25);10-12H,3-9H2,1-2H3,(H,19,25)(H,20,21,22). The Kier molecular flexibility index (Phi) is 31.5. The van der Waals surface area contributed by atoms with Crippen molar-refractivity contribution in [3.8, 4) is 5.75 Å². The fourth-order valence-electron chi connectivity index (χ4n) is 16.6. The molecule has 8 aromatic heterocycles. The highest BCUT2D eigenvalue weighted by Crippen LogP contribution is 2.35. The van der Waals surface area contributed by atoms with Crippen LogP contribution in [0, 0.1) is 0 Å². The van der Waals surface area contributed by atoms with Crippen LogP contribution in [0.1, 0.15) is 219 Å². The first kappa shape index (κ1) is 86.4. The summed E-state index contributed by atoms with van der Waals surface area (Å²) >= 11 is 0. The zero-order chi connectivity index (χ0) is 82.9. The minimum Gasteiger partial charge on any atom is -0.497 e. The molecular weight excluding hydrogens is 1510 g/mol. The summed E-state index contributed by atoms with van der Waals surface area (Å²) in [5.41, 5.74) is 2.81. The molecule has 33 nitrogen and oxygen atoms in total. The smallest absolute Gasteiger partial charge is 0.256 e. The molecule has 0 atom stereocenters. The van der Waals surface area contributed by atoms with Gasteiger partial charge in [0.2, 0.25) is 45.5 Å². The molecule has 632 valence electrons. The van der Waals surface area contributed by atoms with Gasteiger partial charge < -0.3 is 79.9 Å². The number of hydrogen-bond acceptors (Lipinski definition) is 25. The molecule has 2 aliphatic heterocycles. The van der Waals surface area contributed by atoms with Gasteiger partial charge in [-0.3, -0.25) is 43.3 Å². The quantitative estimate of drug-likeness (QED) is 0.0247. The first-order valence-corrected chi connectivity index (χ1v) is 42.3. The van der Waals surface area contributed by atoms with Gasteiger partial charge >= 0.3 is 0 Å². The molecule has 0 unspecified atom stereocenters. The van der Waals surface area contributed by atoms with Crippen LogP contribution < -0.4 is 69.0 Å². The van der Waals surface area contributed by atoms with Crippen molar-refractivity contribution in [2.24, 2.45) is 0 Å². The van der Waals surface area contributed by atoms with E-state index in [0.29, 0.717) is 87.6 Å². The van der Waals surface area contributed by atoms with Gasteiger partial charge in [0.05, 0.1) is 48.5 Å². The van der Waals surface area contributed by atoms with Crippen molar-refractivity contribution in [1.82, 2.24) is 89.2 Å². The topological polar surface area (TPSA) is 390 Å². The van der Waals surface area contributed by atoms with E-state index in [1.807, 2.05) is 42.5 Å². The van der Waals surface area contributed by atoms with Crippen molar-refractivity contribution in [1.29, 1.82) is 0 Å². The van der Waals surface area contributed by atoms with Crippen molar-refractivity contribution in [2.45, 2.75) is 178 Å². The average Bonchev–Trinajstić information content (AvgIpc) is 0.783. The number of likely N-dealkylation sites (tertiary alicyclic amines) is 1. The number of benzene rings is 1. The first-order valence-electron chi connectivity index (χ1n) is 42.3. The Bertz CT molecular complexity index is 5000. The highest BCUT2D eigenvalue weighted by atomic mass is 16.5. The Labute approximate surface area is 686 Å². The number of methoxy groups -OCH3 is 2.